The Hall–Kier alpha value is -2.69. The molecule has 2 aromatic carbocycles. The van der Waals surface area contributed by atoms with Crippen LogP contribution in [0.25, 0.3) is 0 Å². The van der Waals surface area contributed by atoms with Crippen molar-refractivity contribution in [2.45, 2.75) is 32.5 Å². The first-order chi connectivity index (χ1) is 11.6. The molecule has 2 unspecified atom stereocenters. The topological polar surface area (TPSA) is 59.6 Å². The lowest BCUT2D eigenvalue weighted by Gasteiger charge is -2.28. The van der Waals surface area contributed by atoms with E-state index in [9.17, 15) is 4.79 Å². The Morgan fingerprint density at radius 3 is 2.67 bits per heavy atom. The van der Waals surface area contributed by atoms with Crippen LogP contribution in [0.3, 0.4) is 0 Å². The Morgan fingerprint density at radius 1 is 1.12 bits per heavy atom. The van der Waals surface area contributed by atoms with Crippen LogP contribution in [0, 0.1) is 0 Å². The highest BCUT2D eigenvalue weighted by molar-refractivity contribution is 6.01. The van der Waals surface area contributed by atoms with Crippen LogP contribution in [0.1, 0.15) is 42.4 Å². The molecule has 0 spiro atoms. The summed E-state index contributed by atoms with van der Waals surface area (Å²) in [6.45, 7) is 4.09. The summed E-state index contributed by atoms with van der Waals surface area (Å²) >= 11 is 0. The maximum absolute atomic E-state index is 12.3. The molecule has 1 amide bonds. The highest BCUT2D eigenvalue weighted by Gasteiger charge is 2.25. The van der Waals surface area contributed by atoms with E-state index < -0.39 is 0 Å². The second kappa shape index (κ2) is 6.83. The molecule has 5 heteroatoms. The normalized spacial score (nSPS) is 17.3. The molecular weight excluding hydrogens is 304 g/mol. The fraction of sp³-hybridized carbons (Fsp3) is 0.316. The number of carbonyl (C=O) groups excluding carboxylic acids is 1. The van der Waals surface area contributed by atoms with Crippen molar-refractivity contribution >= 4 is 11.6 Å². The van der Waals surface area contributed by atoms with Crippen LogP contribution >= 0.6 is 0 Å². The van der Waals surface area contributed by atoms with Crippen LogP contribution in [-0.4, -0.2) is 19.1 Å². The zero-order valence-electron chi connectivity index (χ0n) is 14.1. The van der Waals surface area contributed by atoms with Crippen LogP contribution in [-0.2, 0) is 0 Å². The average molecular weight is 326 g/mol. The van der Waals surface area contributed by atoms with Crippen LogP contribution in [0.15, 0.2) is 42.5 Å². The lowest BCUT2D eigenvalue weighted by Crippen LogP contribution is -2.38. The molecule has 0 fully saturated rings. The zero-order valence-corrected chi connectivity index (χ0v) is 14.1. The largest absolute Gasteiger partial charge is 0.493 e. The van der Waals surface area contributed by atoms with Gasteiger partial charge in [0.05, 0.1) is 18.8 Å². The Bertz CT molecular complexity index is 745. The van der Waals surface area contributed by atoms with E-state index in [1.165, 1.54) is 0 Å². The molecule has 1 aliphatic rings. The van der Waals surface area contributed by atoms with Gasteiger partial charge in [0.2, 0.25) is 0 Å². The third-order valence-corrected chi connectivity index (χ3v) is 4.17. The number of amides is 1. The molecule has 0 saturated carbocycles. The third-order valence-electron chi connectivity index (χ3n) is 4.17. The van der Waals surface area contributed by atoms with Crippen molar-refractivity contribution in [1.29, 1.82) is 0 Å². The van der Waals surface area contributed by atoms with Crippen LogP contribution in [0.2, 0.25) is 0 Å². The van der Waals surface area contributed by atoms with E-state index in [0.717, 1.165) is 17.7 Å². The quantitative estimate of drug-likeness (QED) is 0.879. The summed E-state index contributed by atoms with van der Waals surface area (Å²) in [6, 6.07) is 13.2. The van der Waals surface area contributed by atoms with Gasteiger partial charge in [0.15, 0.2) is 11.5 Å². The van der Waals surface area contributed by atoms with Gasteiger partial charge in [-0.3, -0.25) is 4.79 Å². The number of rotatable bonds is 5. The number of methoxy groups -OCH3 is 1. The van der Waals surface area contributed by atoms with Crippen molar-refractivity contribution in [3.05, 3.63) is 53.6 Å². The van der Waals surface area contributed by atoms with Gasteiger partial charge >= 0.3 is 0 Å². The molecule has 0 saturated heterocycles. The van der Waals surface area contributed by atoms with Gasteiger partial charge in [-0.25, -0.2) is 0 Å². The Morgan fingerprint density at radius 2 is 1.92 bits per heavy atom. The van der Waals surface area contributed by atoms with Crippen molar-refractivity contribution in [3.8, 4) is 11.5 Å². The summed E-state index contributed by atoms with van der Waals surface area (Å²) in [5, 5.41) is 6.30. The average Bonchev–Trinajstić information content (AvgIpc) is 2.61. The molecule has 0 aliphatic carbocycles. The molecule has 3 rings (SSSR count). The summed E-state index contributed by atoms with van der Waals surface area (Å²) in [5.41, 5.74) is 2.38. The number of nitrogens with one attached hydrogen (secondary N) is 2. The summed E-state index contributed by atoms with van der Waals surface area (Å²) < 4.78 is 11.3. The van der Waals surface area contributed by atoms with Crippen molar-refractivity contribution in [3.63, 3.8) is 0 Å². The number of hydrogen-bond donors (Lipinski definition) is 2. The lowest BCUT2D eigenvalue weighted by molar-refractivity contribution is 0.0935. The monoisotopic (exact) mass is 326 g/mol. The number of ether oxygens (including phenoxy) is 2. The van der Waals surface area contributed by atoms with Crippen molar-refractivity contribution in [1.82, 2.24) is 5.32 Å². The molecular formula is C19H22N2O3. The maximum atomic E-state index is 12.3. The molecule has 126 valence electrons. The first-order valence-electron chi connectivity index (χ1n) is 8.13. The number of hydrogen-bond acceptors (Lipinski definition) is 4. The van der Waals surface area contributed by atoms with E-state index >= 15 is 0 Å². The summed E-state index contributed by atoms with van der Waals surface area (Å²) in [6.07, 6.45) is 0.727. The molecule has 1 aliphatic heterocycles. The first kappa shape index (κ1) is 16.2. The van der Waals surface area contributed by atoms with Crippen molar-refractivity contribution in [2.75, 3.05) is 12.4 Å². The van der Waals surface area contributed by atoms with E-state index in [0.29, 0.717) is 17.1 Å². The third kappa shape index (κ3) is 3.15. The van der Waals surface area contributed by atoms with Crippen molar-refractivity contribution < 1.29 is 14.3 Å². The minimum absolute atomic E-state index is 0.0896. The molecule has 0 aromatic heterocycles. The van der Waals surface area contributed by atoms with Crippen LogP contribution in [0.5, 0.6) is 11.5 Å². The van der Waals surface area contributed by atoms with Gasteiger partial charge in [-0.1, -0.05) is 25.1 Å². The standard InChI is InChI=1S/C19H22N2O3/c1-4-12(2)24-16-10-9-13(11-17(16)23-3)18-20-15-8-6-5-7-14(15)19(22)21-18/h5-12,18,20H,4H2,1-3H3,(H,21,22). The molecule has 2 atom stereocenters. The van der Waals surface area contributed by atoms with Gasteiger partial charge < -0.3 is 20.1 Å². The molecule has 0 bridgehead atoms. The molecule has 5 nitrogen and oxygen atoms in total. The van der Waals surface area contributed by atoms with E-state index in [1.54, 1.807) is 13.2 Å². The SMILES string of the molecule is CCC(C)Oc1ccc(C2NC(=O)c3ccccc3N2)cc1OC. The Labute approximate surface area is 142 Å². The van der Waals surface area contributed by atoms with Gasteiger partial charge in [-0.15, -0.1) is 0 Å². The summed E-state index contributed by atoms with van der Waals surface area (Å²) in [5.74, 6) is 1.27. The predicted molar refractivity (Wildman–Crippen MR) is 93.6 cm³/mol. The molecule has 24 heavy (non-hydrogen) atoms. The summed E-state index contributed by atoms with van der Waals surface area (Å²) in [7, 11) is 1.62. The van der Waals surface area contributed by atoms with E-state index in [2.05, 4.69) is 17.6 Å². The van der Waals surface area contributed by atoms with Gasteiger partial charge in [0.1, 0.15) is 6.17 Å². The lowest BCUT2D eigenvalue weighted by atomic mass is 10.1. The molecule has 0 radical (unpaired) electrons. The number of benzene rings is 2. The fourth-order valence-electron chi connectivity index (χ4n) is 2.64. The first-order valence-corrected chi connectivity index (χ1v) is 8.13. The van der Waals surface area contributed by atoms with E-state index in [1.807, 2.05) is 43.3 Å². The highest BCUT2D eigenvalue weighted by Crippen LogP contribution is 2.33. The minimum atomic E-state index is -0.307. The predicted octanol–water partition coefficient (Wildman–Crippen LogP) is 3.73. The highest BCUT2D eigenvalue weighted by atomic mass is 16.5. The second-order valence-corrected chi connectivity index (χ2v) is 5.84. The fourth-order valence-corrected chi connectivity index (χ4v) is 2.64. The van der Waals surface area contributed by atoms with Gasteiger partial charge in [0.25, 0.3) is 5.91 Å². The van der Waals surface area contributed by atoms with Gasteiger partial charge in [0, 0.05) is 5.69 Å². The Kier molecular flexibility index (Phi) is 4.60. The minimum Gasteiger partial charge on any atom is -0.493 e. The van der Waals surface area contributed by atoms with Crippen LogP contribution < -0.4 is 20.1 Å². The zero-order chi connectivity index (χ0) is 17.1. The van der Waals surface area contributed by atoms with Gasteiger partial charge in [-0.05, 0) is 43.2 Å². The van der Waals surface area contributed by atoms with E-state index in [4.69, 9.17) is 9.47 Å². The number of para-hydroxylation sites is 1. The van der Waals surface area contributed by atoms with Crippen molar-refractivity contribution in [2.24, 2.45) is 0 Å². The number of fused-ring (bicyclic) bond motifs is 1. The second-order valence-electron chi connectivity index (χ2n) is 5.84. The molecule has 2 N–H and O–H groups in total. The molecule has 1 heterocycles. The van der Waals surface area contributed by atoms with Crippen LogP contribution in [0.4, 0.5) is 5.69 Å². The molecule has 2 aromatic rings. The maximum Gasteiger partial charge on any atom is 0.255 e. The number of anilines is 1. The Balaban J connectivity index is 1.87. The van der Waals surface area contributed by atoms with E-state index in [-0.39, 0.29) is 18.2 Å². The van der Waals surface area contributed by atoms with Gasteiger partial charge in [-0.2, -0.15) is 0 Å². The summed E-state index contributed by atoms with van der Waals surface area (Å²) in [4.78, 5) is 12.3. The number of carbonyl (C=O) groups is 1. The smallest absolute Gasteiger partial charge is 0.255 e.